The fourth-order valence-corrected chi connectivity index (χ4v) is 3.73. The number of hydrogen-bond acceptors (Lipinski definition) is 8. The van der Waals surface area contributed by atoms with Crippen molar-refractivity contribution in [1.29, 1.82) is 0 Å². The maximum Gasteiger partial charge on any atom is 0.422 e. The Morgan fingerprint density at radius 1 is 0.868 bits per heavy atom. The number of nitrogens with one attached hydrogen (secondary N) is 3. The third kappa shape index (κ3) is 8.91. The molecule has 0 fully saturated rings. The van der Waals surface area contributed by atoms with Gasteiger partial charge in [-0.25, -0.2) is 0 Å². The van der Waals surface area contributed by atoms with Gasteiger partial charge >= 0.3 is 12.2 Å². The lowest BCUT2D eigenvalue weighted by Gasteiger charge is -2.13. The van der Waals surface area contributed by atoms with Crippen molar-refractivity contribution >= 4 is 11.6 Å². The third-order valence-corrected chi connectivity index (χ3v) is 5.70. The van der Waals surface area contributed by atoms with Gasteiger partial charge in [0.1, 0.15) is 11.6 Å². The number of rotatable bonds is 2. The third-order valence-electron chi connectivity index (χ3n) is 5.70. The van der Waals surface area contributed by atoms with Crippen LogP contribution in [0.3, 0.4) is 0 Å². The summed E-state index contributed by atoms with van der Waals surface area (Å²) in [4.78, 5) is 12.5. The molecule has 6 bridgehead atoms. The monoisotopic (exact) mass is 528 g/mol. The molecule has 11 heteroatoms. The van der Waals surface area contributed by atoms with Crippen molar-refractivity contribution in [3.8, 4) is 11.8 Å². The van der Waals surface area contributed by atoms with Gasteiger partial charge in [-0.2, -0.15) is 28.1 Å². The predicted molar refractivity (Wildman–Crippen MR) is 139 cm³/mol. The first-order valence-electron chi connectivity index (χ1n) is 12.5. The zero-order chi connectivity index (χ0) is 26.8. The van der Waals surface area contributed by atoms with E-state index in [1.807, 2.05) is 48.5 Å². The quantitative estimate of drug-likeness (QED) is 0.453. The highest BCUT2D eigenvalue weighted by molar-refractivity contribution is 5.61. The van der Waals surface area contributed by atoms with E-state index in [2.05, 4.69) is 37.5 Å². The van der Waals surface area contributed by atoms with Gasteiger partial charge in [0.2, 0.25) is 5.95 Å². The number of nitrogens with zero attached hydrogens (tertiary/aromatic N) is 3. The van der Waals surface area contributed by atoms with Crippen LogP contribution < -0.4 is 25.4 Å². The summed E-state index contributed by atoms with van der Waals surface area (Å²) in [5.74, 6) is 1.18. The van der Waals surface area contributed by atoms with Crippen LogP contribution in [-0.4, -0.2) is 54.0 Å². The first-order chi connectivity index (χ1) is 18.3. The minimum atomic E-state index is -4.51. The first kappa shape index (κ1) is 27.2. The summed E-state index contributed by atoms with van der Waals surface area (Å²) >= 11 is 0. The molecule has 3 aromatic rings. The van der Waals surface area contributed by atoms with Crippen molar-refractivity contribution in [3.05, 3.63) is 77.6 Å². The largest absolute Gasteiger partial charge is 0.494 e. The molecule has 0 saturated heterocycles. The van der Waals surface area contributed by atoms with Gasteiger partial charge in [0.15, 0.2) is 6.61 Å². The Morgan fingerprint density at radius 3 is 2.37 bits per heavy atom. The van der Waals surface area contributed by atoms with E-state index in [4.69, 9.17) is 9.47 Å². The molecule has 7 rings (SSSR count). The van der Waals surface area contributed by atoms with E-state index >= 15 is 0 Å². The second-order valence-corrected chi connectivity index (χ2v) is 8.84. The van der Waals surface area contributed by atoms with Gasteiger partial charge in [0.25, 0.3) is 0 Å². The molecule has 8 nitrogen and oxygen atoms in total. The van der Waals surface area contributed by atoms with Gasteiger partial charge < -0.3 is 25.4 Å². The van der Waals surface area contributed by atoms with Crippen molar-refractivity contribution in [2.75, 3.05) is 38.2 Å². The van der Waals surface area contributed by atoms with Crippen LogP contribution >= 0.6 is 0 Å². The SMILES string of the molecule is C=C1NCCCNCCCOc2ccc(cc2)CNc2nc(nc(OCC(F)(F)F)n2)Cc2ccc1cc2. The lowest BCUT2D eigenvalue weighted by Crippen LogP contribution is -2.22. The summed E-state index contributed by atoms with van der Waals surface area (Å²) in [6.07, 6.45) is -2.38. The van der Waals surface area contributed by atoms with Gasteiger partial charge in [-0.15, -0.1) is 0 Å². The zero-order valence-corrected chi connectivity index (χ0v) is 21.0. The van der Waals surface area contributed by atoms with Crippen molar-refractivity contribution in [1.82, 2.24) is 25.6 Å². The molecule has 5 heterocycles. The molecule has 0 aliphatic carbocycles. The maximum absolute atomic E-state index is 12.7. The Bertz CT molecular complexity index is 1190. The summed E-state index contributed by atoms with van der Waals surface area (Å²) in [6.45, 7) is 6.13. The number of aromatic nitrogens is 3. The molecule has 0 amide bonds. The molecule has 1 aromatic heterocycles. The van der Waals surface area contributed by atoms with Crippen LogP contribution in [0.15, 0.2) is 55.1 Å². The van der Waals surface area contributed by atoms with Crippen LogP contribution in [0.1, 0.15) is 35.4 Å². The van der Waals surface area contributed by atoms with Gasteiger partial charge in [-0.3, -0.25) is 0 Å². The lowest BCUT2D eigenvalue weighted by molar-refractivity contribution is -0.154. The smallest absolute Gasteiger partial charge is 0.422 e. The van der Waals surface area contributed by atoms with Crippen molar-refractivity contribution in [2.24, 2.45) is 0 Å². The molecule has 4 aliphatic rings. The Balaban J connectivity index is 1.54. The molecule has 0 radical (unpaired) electrons. The van der Waals surface area contributed by atoms with E-state index < -0.39 is 12.8 Å². The topological polar surface area (TPSA) is 93.2 Å². The summed E-state index contributed by atoms with van der Waals surface area (Å²) in [7, 11) is 0. The van der Waals surface area contributed by atoms with E-state index in [9.17, 15) is 13.2 Å². The minimum absolute atomic E-state index is 0.128. The van der Waals surface area contributed by atoms with Crippen LogP contribution in [0.4, 0.5) is 19.1 Å². The van der Waals surface area contributed by atoms with Crippen molar-refractivity contribution in [2.45, 2.75) is 32.0 Å². The summed E-state index contributed by atoms with van der Waals surface area (Å²) < 4.78 is 48.8. The van der Waals surface area contributed by atoms with Gasteiger partial charge in [-0.05, 0) is 54.8 Å². The Labute approximate surface area is 219 Å². The van der Waals surface area contributed by atoms with Crippen molar-refractivity contribution in [3.63, 3.8) is 0 Å². The molecule has 3 N–H and O–H groups in total. The minimum Gasteiger partial charge on any atom is -0.494 e. The summed E-state index contributed by atoms with van der Waals surface area (Å²) in [6, 6.07) is 14.9. The Morgan fingerprint density at radius 2 is 1.61 bits per heavy atom. The molecule has 0 atom stereocenters. The average Bonchev–Trinajstić information content (AvgIpc) is 2.90. The van der Waals surface area contributed by atoms with Crippen LogP contribution in [0, 0.1) is 0 Å². The lowest BCUT2D eigenvalue weighted by atomic mass is 10.1. The second-order valence-electron chi connectivity index (χ2n) is 8.84. The Kier molecular flexibility index (Phi) is 9.36. The second kappa shape index (κ2) is 13.1. The van der Waals surface area contributed by atoms with Crippen LogP contribution in [0.25, 0.3) is 5.70 Å². The molecule has 2 aromatic carbocycles. The highest BCUT2D eigenvalue weighted by atomic mass is 19.4. The fraction of sp³-hybridized carbons (Fsp3) is 0.370. The van der Waals surface area contributed by atoms with Gasteiger partial charge in [0, 0.05) is 25.2 Å². The molecule has 4 aliphatic heterocycles. The summed E-state index contributed by atoms with van der Waals surface area (Å²) in [5.41, 5.74) is 3.58. The van der Waals surface area contributed by atoms with Gasteiger partial charge in [0.05, 0.1) is 6.61 Å². The highest BCUT2D eigenvalue weighted by Gasteiger charge is 2.29. The predicted octanol–water partition coefficient (Wildman–Crippen LogP) is 4.34. The number of anilines is 1. The van der Waals surface area contributed by atoms with E-state index in [1.165, 1.54) is 0 Å². The molecule has 38 heavy (non-hydrogen) atoms. The number of ether oxygens (including phenoxy) is 2. The molecular formula is C27H31F3N6O2. The first-order valence-corrected chi connectivity index (χ1v) is 12.5. The zero-order valence-electron chi connectivity index (χ0n) is 21.0. The molecule has 0 saturated carbocycles. The van der Waals surface area contributed by atoms with E-state index in [1.54, 1.807) is 0 Å². The van der Waals surface area contributed by atoms with E-state index in [0.717, 1.165) is 60.6 Å². The van der Waals surface area contributed by atoms with E-state index in [0.29, 0.717) is 13.2 Å². The standard InChI is InChI=1S/C27H31F3N6O2/c1-19-22-8-4-20(5-9-22)16-24-34-25(36-26(35-24)38-18-27(28,29)30)33-17-21-6-10-23(11-7-21)37-15-3-13-31-12-2-14-32-19/h4-11,31-32H,1-3,12-18H2,(H,33,34,35,36). The molecule has 0 unspecified atom stereocenters. The molecule has 202 valence electrons. The van der Waals surface area contributed by atoms with Crippen LogP contribution in [0.5, 0.6) is 11.8 Å². The van der Waals surface area contributed by atoms with Crippen molar-refractivity contribution < 1.29 is 22.6 Å². The highest BCUT2D eigenvalue weighted by Crippen LogP contribution is 2.19. The number of halogens is 3. The summed E-state index contributed by atoms with van der Waals surface area (Å²) in [5, 5.41) is 9.81. The van der Waals surface area contributed by atoms with E-state index in [-0.39, 0.29) is 24.2 Å². The number of alkyl halides is 3. The normalized spacial score (nSPS) is 15.6. The van der Waals surface area contributed by atoms with Crippen LogP contribution in [0.2, 0.25) is 0 Å². The van der Waals surface area contributed by atoms with Crippen LogP contribution in [-0.2, 0) is 13.0 Å². The molecular weight excluding hydrogens is 497 g/mol. The maximum atomic E-state index is 12.7. The number of hydrogen-bond donors (Lipinski definition) is 3. The average molecular weight is 529 g/mol. The molecule has 0 spiro atoms. The number of benzene rings is 2. The fourth-order valence-electron chi connectivity index (χ4n) is 3.73. The Hall–Kier alpha value is -3.86. The van der Waals surface area contributed by atoms with Gasteiger partial charge in [-0.1, -0.05) is 43.0 Å².